The van der Waals surface area contributed by atoms with Crippen LogP contribution in [0.2, 0.25) is 0 Å². The van der Waals surface area contributed by atoms with Gasteiger partial charge in [-0.05, 0) is 38.3 Å². The maximum Gasteiger partial charge on any atom is 0.297 e. The summed E-state index contributed by atoms with van der Waals surface area (Å²) in [7, 11) is -3.68. The maximum absolute atomic E-state index is 12.3. The molecule has 1 unspecified atom stereocenters. The van der Waals surface area contributed by atoms with E-state index in [0.717, 1.165) is 12.8 Å². The van der Waals surface area contributed by atoms with Crippen LogP contribution in [-0.2, 0) is 14.3 Å². The molecule has 0 amide bonds. The van der Waals surface area contributed by atoms with Gasteiger partial charge in [0, 0.05) is 0 Å². The smallest absolute Gasteiger partial charge is 0.260 e. The Kier molecular flexibility index (Phi) is 4.93. The van der Waals surface area contributed by atoms with Crippen LogP contribution in [0.5, 0.6) is 0 Å². The van der Waals surface area contributed by atoms with Crippen molar-refractivity contribution in [2.75, 3.05) is 0 Å². The van der Waals surface area contributed by atoms with Crippen LogP contribution in [0, 0.1) is 6.92 Å². The van der Waals surface area contributed by atoms with Gasteiger partial charge >= 0.3 is 0 Å². The Morgan fingerprint density at radius 3 is 2.33 bits per heavy atom. The highest BCUT2D eigenvalue weighted by molar-refractivity contribution is 7.86. The molecule has 0 saturated carbocycles. The van der Waals surface area contributed by atoms with Crippen molar-refractivity contribution in [1.82, 2.24) is 0 Å². The molecule has 0 spiro atoms. The third-order valence-corrected chi connectivity index (χ3v) is 4.82. The average Bonchev–Trinajstić information content (AvgIpc) is 2.29. The van der Waals surface area contributed by atoms with Crippen molar-refractivity contribution in [3.8, 4) is 0 Å². The maximum atomic E-state index is 12.3. The molecule has 1 rings (SSSR count). The molecule has 0 aliphatic rings. The molecule has 0 N–H and O–H groups in total. The third-order valence-electron chi connectivity index (χ3n) is 3.20. The average molecular weight is 270 g/mol. The van der Waals surface area contributed by atoms with E-state index in [1.165, 1.54) is 0 Å². The zero-order chi connectivity index (χ0) is 13.8. The van der Waals surface area contributed by atoms with Gasteiger partial charge in [-0.15, -0.1) is 0 Å². The highest BCUT2D eigenvalue weighted by Crippen LogP contribution is 2.28. The molecule has 1 aromatic rings. The van der Waals surface area contributed by atoms with Gasteiger partial charge in [0.25, 0.3) is 10.1 Å². The second kappa shape index (κ2) is 5.85. The first-order chi connectivity index (χ1) is 8.34. The van der Waals surface area contributed by atoms with Crippen molar-refractivity contribution >= 4 is 10.1 Å². The number of hydrogen-bond donors (Lipinski definition) is 0. The molecule has 1 atom stereocenters. The van der Waals surface area contributed by atoms with Crippen LogP contribution in [0.4, 0.5) is 0 Å². The first kappa shape index (κ1) is 15.2. The lowest BCUT2D eigenvalue weighted by molar-refractivity contribution is 0.0819. The van der Waals surface area contributed by atoms with Gasteiger partial charge in [-0.3, -0.25) is 4.18 Å². The fourth-order valence-electron chi connectivity index (χ4n) is 1.95. The van der Waals surface area contributed by atoms with Gasteiger partial charge in [0.1, 0.15) is 0 Å². The second-order valence-electron chi connectivity index (χ2n) is 4.86. The fraction of sp³-hybridized carbons (Fsp3) is 0.571. The molecule has 3 nitrogen and oxygen atoms in total. The van der Waals surface area contributed by atoms with Crippen LogP contribution in [0.1, 0.15) is 45.6 Å². The van der Waals surface area contributed by atoms with Gasteiger partial charge in [0.05, 0.1) is 10.5 Å². The Morgan fingerprint density at radius 1 is 1.22 bits per heavy atom. The Morgan fingerprint density at radius 2 is 1.83 bits per heavy atom. The van der Waals surface area contributed by atoms with Crippen molar-refractivity contribution in [2.45, 2.75) is 57.5 Å². The molecule has 0 aliphatic heterocycles. The van der Waals surface area contributed by atoms with Crippen molar-refractivity contribution in [3.63, 3.8) is 0 Å². The summed E-state index contributed by atoms with van der Waals surface area (Å²) in [6.07, 6.45) is 2.30. The molecular formula is C14H22O3S. The molecule has 4 heteroatoms. The minimum atomic E-state index is -3.68. The monoisotopic (exact) mass is 270 g/mol. The SMILES string of the molecule is CCCC(C)(CC)OS(=O)(=O)c1ccccc1C. The van der Waals surface area contributed by atoms with Crippen molar-refractivity contribution in [2.24, 2.45) is 0 Å². The lowest BCUT2D eigenvalue weighted by atomic mass is 9.98. The van der Waals surface area contributed by atoms with E-state index in [1.807, 2.05) is 26.8 Å². The lowest BCUT2D eigenvalue weighted by Crippen LogP contribution is -2.31. The zero-order valence-corrected chi connectivity index (χ0v) is 12.4. The highest BCUT2D eigenvalue weighted by atomic mass is 32.2. The van der Waals surface area contributed by atoms with E-state index in [0.29, 0.717) is 12.0 Å². The van der Waals surface area contributed by atoms with E-state index in [2.05, 4.69) is 0 Å². The molecular weight excluding hydrogens is 248 g/mol. The fourth-order valence-corrected chi connectivity index (χ4v) is 3.48. The van der Waals surface area contributed by atoms with Gasteiger partial charge in [-0.2, -0.15) is 8.42 Å². The summed E-state index contributed by atoms with van der Waals surface area (Å²) in [5.74, 6) is 0. The predicted octanol–water partition coefficient (Wildman–Crippen LogP) is 3.67. The number of benzene rings is 1. The topological polar surface area (TPSA) is 43.4 Å². The molecule has 102 valence electrons. The summed E-state index contributed by atoms with van der Waals surface area (Å²) in [6.45, 7) is 7.60. The first-order valence-electron chi connectivity index (χ1n) is 6.36. The van der Waals surface area contributed by atoms with E-state index in [9.17, 15) is 8.42 Å². The van der Waals surface area contributed by atoms with Gasteiger partial charge < -0.3 is 0 Å². The summed E-state index contributed by atoms with van der Waals surface area (Å²) < 4.78 is 30.0. The number of rotatable bonds is 6. The van der Waals surface area contributed by atoms with Crippen molar-refractivity contribution in [1.29, 1.82) is 0 Å². The van der Waals surface area contributed by atoms with Gasteiger partial charge in [-0.25, -0.2) is 0 Å². The number of aryl methyl sites for hydroxylation is 1. The molecule has 0 heterocycles. The van der Waals surface area contributed by atoms with E-state index in [4.69, 9.17) is 4.18 Å². The summed E-state index contributed by atoms with van der Waals surface area (Å²) in [5, 5.41) is 0. The van der Waals surface area contributed by atoms with E-state index >= 15 is 0 Å². The van der Waals surface area contributed by atoms with E-state index in [-0.39, 0.29) is 4.90 Å². The summed E-state index contributed by atoms with van der Waals surface area (Å²) in [6, 6.07) is 6.90. The second-order valence-corrected chi connectivity index (χ2v) is 6.37. The molecule has 0 aromatic heterocycles. The first-order valence-corrected chi connectivity index (χ1v) is 7.77. The molecule has 0 fully saturated rings. The normalized spacial score (nSPS) is 15.3. The largest absolute Gasteiger partial charge is 0.297 e. The summed E-state index contributed by atoms with van der Waals surface area (Å²) in [5.41, 5.74) is 0.100. The lowest BCUT2D eigenvalue weighted by Gasteiger charge is -2.27. The minimum Gasteiger partial charge on any atom is -0.260 e. The molecule has 0 bridgehead atoms. The Balaban J connectivity index is 3.06. The Hall–Kier alpha value is -0.870. The standard InChI is InChI=1S/C14H22O3S/c1-5-11-14(4,6-2)17-18(15,16)13-10-8-7-9-12(13)3/h7-10H,5-6,11H2,1-4H3. The molecule has 0 aliphatic carbocycles. The molecule has 1 aromatic carbocycles. The van der Waals surface area contributed by atoms with Crippen molar-refractivity contribution in [3.05, 3.63) is 29.8 Å². The Bertz CT molecular complexity index is 494. The summed E-state index contributed by atoms with van der Waals surface area (Å²) in [4.78, 5) is 0.265. The minimum absolute atomic E-state index is 0.265. The quantitative estimate of drug-likeness (QED) is 0.741. The van der Waals surface area contributed by atoms with Gasteiger partial charge in [-0.1, -0.05) is 38.5 Å². The highest BCUT2D eigenvalue weighted by Gasteiger charge is 2.30. The van der Waals surface area contributed by atoms with Crippen LogP contribution in [-0.4, -0.2) is 14.0 Å². The zero-order valence-electron chi connectivity index (χ0n) is 11.6. The van der Waals surface area contributed by atoms with Crippen LogP contribution in [0.15, 0.2) is 29.2 Å². The van der Waals surface area contributed by atoms with Crippen LogP contribution in [0.25, 0.3) is 0 Å². The van der Waals surface area contributed by atoms with Crippen LogP contribution < -0.4 is 0 Å². The predicted molar refractivity (Wildman–Crippen MR) is 73.1 cm³/mol. The van der Waals surface area contributed by atoms with Gasteiger partial charge in [0.2, 0.25) is 0 Å². The molecule has 0 radical (unpaired) electrons. The van der Waals surface area contributed by atoms with E-state index < -0.39 is 15.7 Å². The summed E-state index contributed by atoms with van der Waals surface area (Å²) >= 11 is 0. The van der Waals surface area contributed by atoms with Crippen LogP contribution in [0.3, 0.4) is 0 Å². The molecule has 18 heavy (non-hydrogen) atoms. The van der Waals surface area contributed by atoms with Crippen LogP contribution >= 0.6 is 0 Å². The third kappa shape index (κ3) is 3.56. The number of hydrogen-bond acceptors (Lipinski definition) is 3. The van der Waals surface area contributed by atoms with Crippen molar-refractivity contribution < 1.29 is 12.6 Å². The van der Waals surface area contributed by atoms with E-state index in [1.54, 1.807) is 25.1 Å². The molecule has 0 saturated heterocycles. The Labute approximate surface area is 110 Å². The van der Waals surface area contributed by atoms with Gasteiger partial charge in [0.15, 0.2) is 0 Å².